The van der Waals surface area contributed by atoms with Crippen molar-refractivity contribution in [3.63, 3.8) is 0 Å². The number of hydrogen-bond donors (Lipinski definition) is 3. The maximum absolute atomic E-state index is 12.9. The lowest BCUT2D eigenvalue weighted by Gasteiger charge is -2.17. The molecular formula is C20H26FN5O2. The van der Waals surface area contributed by atoms with Crippen molar-refractivity contribution in [2.24, 2.45) is 4.99 Å². The van der Waals surface area contributed by atoms with Gasteiger partial charge in [-0.15, -0.1) is 0 Å². The van der Waals surface area contributed by atoms with Gasteiger partial charge >= 0.3 is 0 Å². The van der Waals surface area contributed by atoms with Crippen LogP contribution in [0.4, 0.5) is 10.2 Å². The molecule has 0 spiro atoms. The predicted molar refractivity (Wildman–Crippen MR) is 108 cm³/mol. The molecule has 0 radical (unpaired) electrons. The number of anilines is 1. The average Bonchev–Trinajstić information content (AvgIpc) is 2.66. The van der Waals surface area contributed by atoms with Gasteiger partial charge in [0.1, 0.15) is 23.5 Å². The molecule has 0 fully saturated rings. The minimum Gasteiger partial charge on any atom is -0.489 e. The number of benzene rings is 1. The quantitative estimate of drug-likeness (QED) is 0.478. The predicted octanol–water partition coefficient (Wildman–Crippen LogP) is 2.49. The molecular weight excluding hydrogens is 361 g/mol. The molecule has 0 aliphatic heterocycles. The van der Waals surface area contributed by atoms with Gasteiger partial charge in [0.25, 0.3) is 0 Å². The zero-order chi connectivity index (χ0) is 20.4. The molecule has 2 aromatic rings. The molecule has 1 atom stereocenters. The minimum absolute atomic E-state index is 0.130. The van der Waals surface area contributed by atoms with Gasteiger partial charge in [0.15, 0.2) is 5.96 Å². The lowest BCUT2D eigenvalue weighted by Crippen LogP contribution is -2.42. The van der Waals surface area contributed by atoms with Crippen LogP contribution in [-0.2, 0) is 4.79 Å². The highest BCUT2D eigenvalue weighted by Gasteiger charge is 2.07. The largest absolute Gasteiger partial charge is 0.489 e. The first-order valence-corrected chi connectivity index (χ1v) is 9.06. The molecule has 0 bridgehead atoms. The van der Waals surface area contributed by atoms with Gasteiger partial charge < -0.3 is 20.7 Å². The Bertz CT molecular complexity index is 795. The van der Waals surface area contributed by atoms with Gasteiger partial charge in [0.05, 0.1) is 6.54 Å². The maximum atomic E-state index is 12.9. The Hall–Kier alpha value is -3.16. The van der Waals surface area contributed by atoms with Gasteiger partial charge in [0.2, 0.25) is 5.91 Å². The summed E-state index contributed by atoms with van der Waals surface area (Å²) in [4.78, 5) is 20.3. The molecule has 8 heteroatoms. The van der Waals surface area contributed by atoms with E-state index >= 15 is 0 Å². The Labute approximate surface area is 164 Å². The summed E-state index contributed by atoms with van der Waals surface area (Å²) in [5, 5.41) is 8.96. The summed E-state index contributed by atoms with van der Waals surface area (Å²) in [6.45, 7) is 4.68. The fourth-order valence-electron chi connectivity index (χ4n) is 2.36. The number of aliphatic imine (C=N–C) groups is 1. The maximum Gasteiger partial charge on any atom is 0.227 e. The number of halogens is 1. The molecule has 1 unspecified atom stereocenters. The van der Waals surface area contributed by atoms with Gasteiger partial charge in [-0.05, 0) is 50.2 Å². The van der Waals surface area contributed by atoms with Crippen LogP contribution in [0.1, 0.15) is 19.0 Å². The highest BCUT2D eigenvalue weighted by molar-refractivity contribution is 5.90. The summed E-state index contributed by atoms with van der Waals surface area (Å²) < 4.78 is 18.6. The third kappa shape index (κ3) is 7.61. The number of carbonyl (C=O) groups excluding carboxylic acids is 1. The van der Waals surface area contributed by atoms with Crippen molar-refractivity contribution in [2.45, 2.75) is 26.4 Å². The number of rotatable bonds is 8. The van der Waals surface area contributed by atoms with Gasteiger partial charge in [-0.25, -0.2) is 9.37 Å². The number of nitrogens with one attached hydrogen (secondary N) is 3. The molecule has 150 valence electrons. The molecule has 0 saturated heterocycles. The van der Waals surface area contributed by atoms with E-state index < -0.39 is 0 Å². The van der Waals surface area contributed by atoms with Crippen LogP contribution in [-0.4, -0.2) is 43.1 Å². The van der Waals surface area contributed by atoms with Crippen LogP contribution >= 0.6 is 0 Å². The van der Waals surface area contributed by atoms with E-state index in [9.17, 15) is 9.18 Å². The molecule has 0 aliphatic rings. The van der Waals surface area contributed by atoms with E-state index in [4.69, 9.17) is 4.74 Å². The lowest BCUT2D eigenvalue weighted by molar-refractivity contribution is -0.116. The highest BCUT2D eigenvalue weighted by atomic mass is 19.1. The SMILES string of the molecule is CN=C(NCCC(=O)Nc1cccc(C)n1)NCC(C)Oc1ccc(F)cc1. The number of aromatic nitrogens is 1. The fourth-order valence-corrected chi connectivity index (χ4v) is 2.36. The summed E-state index contributed by atoms with van der Waals surface area (Å²) in [6, 6.07) is 11.3. The van der Waals surface area contributed by atoms with E-state index in [1.165, 1.54) is 12.1 Å². The third-order valence-electron chi connectivity index (χ3n) is 3.73. The minimum atomic E-state index is -0.301. The molecule has 2 rings (SSSR count). The molecule has 7 nitrogen and oxygen atoms in total. The van der Waals surface area contributed by atoms with Crippen molar-refractivity contribution in [3.8, 4) is 5.75 Å². The van der Waals surface area contributed by atoms with Crippen molar-refractivity contribution in [2.75, 3.05) is 25.5 Å². The second kappa shape index (κ2) is 10.9. The van der Waals surface area contributed by atoms with Crippen LogP contribution in [0.25, 0.3) is 0 Å². The number of nitrogens with zero attached hydrogens (tertiary/aromatic N) is 2. The van der Waals surface area contributed by atoms with Gasteiger partial charge in [-0.3, -0.25) is 9.79 Å². The molecule has 1 aromatic heterocycles. The van der Waals surface area contributed by atoms with E-state index in [1.807, 2.05) is 26.0 Å². The molecule has 28 heavy (non-hydrogen) atoms. The Kier molecular flexibility index (Phi) is 8.20. The van der Waals surface area contributed by atoms with E-state index in [1.54, 1.807) is 25.2 Å². The number of ether oxygens (including phenoxy) is 1. The van der Waals surface area contributed by atoms with Crippen LogP contribution in [0.2, 0.25) is 0 Å². The van der Waals surface area contributed by atoms with E-state index in [-0.39, 0.29) is 24.2 Å². The Morgan fingerprint density at radius 3 is 2.64 bits per heavy atom. The number of amides is 1. The first-order chi connectivity index (χ1) is 13.5. The molecule has 0 saturated carbocycles. The summed E-state index contributed by atoms with van der Waals surface area (Å²) in [7, 11) is 1.65. The van der Waals surface area contributed by atoms with Crippen LogP contribution in [0.5, 0.6) is 5.75 Å². The van der Waals surface area contributed by atoms with Gasteiger partial charge in [-0.1, -0.05) is 6.07 Å². The zero-order valence-electron chi connectivity index (χ0n) is 16.3. The molecule has 3 N–H and O–H groups in total. The fraction of sp³-hybridized carbons (Fsp3) is 0.350. The van der Waals surface area contributed by atoms with E-state index in [0.29, 0.717) is 30.6 Å². The first-order valence-electron chi connectivity index (χ1n) is 9.06. The van der Waals surface area contributed by atoms with Crippen molar-refractivity contribution in [1.82, 2.24) is 15.6 Å². The number of hydrogen-bond acceptors (Lipinski definition) is 4. The van der Waals surface area contributed by atoms with Crippen LogP contribution < -0.4 is 20.7 Å². The topological polar surface area (TPSA) is 87.6 Å². The molecule has 0 aliphatic carbocycles. The Balaban J connectivity index is 1.67. The summed E-state index contributed by atoms with van der Waals surface area (Å²) in [5.41, 5.74) is 0.845. The Morgan fingerprint density at radius 2 is 1.96 bits per heavy atom. The summed E-state index contributed by atoms with van der Waals surface area (Å²) in [5.74, 6) is 1.27. The van der Waals surface area contributed by atoms with Crippen molar-refractivity contribution < 1.29 is 13.9 Å². The highest BCUT2D eigenvalue weighted by Crippen LogP contribution is 2.12. The molecule has 1 heterocycles. The van der Waals surface area contributed by atoms with E-state index in [0.717, 1.165) is 5.69 Å². The average molecular weight is 387 g/mol. The number of carbonyl (C=O) groups is 1. The number of guanidine groups is 1. The number of pyridine rings is 1. The van der Waals surface area contributed by atoms with Gasteiger partial charge in [-0.2, -0.15) is 0 Å². The van der Waals surface area contributed by atoms with Crippen molar-refractivity contribution >= 4 is 17.7 Å². The second-order valence-electron chi connectivity index (χ2n) is 6.22. The monoisotopic (exact) mass is 387 g/mol. The summed E-state index contributed by atoms with van der Waals surface area (Å²) in [6.07, 6.45) is 0.123. The number of aryl methyl sites for hydroxylation is 1. The standard InChI is InChI=1S/C20H26FN5O2/c1-14-5-4-6-18(25-14)26-19(27)11-12-23-20(22-3)24-13-15(2)28-17-9-7-16(21)8-10-17/h4-10,15H,11-13H2,1-3H3,(H2,22,23,24)(H,25,26,27). The van der Waals surface area contributed by atoms with Gasteiger partial charge in [0, 0.05) is 25.7 Å². The van der Waals surface area contributed by atoms with Crippen LogP contribution in [0.15, 0.2) is 47.5 Å². The second-order valence-corrected chi connectivity index (χ2v) is 6.22. The lowest BCUT2D eigenvalue weighted by atomic mass is 10.3. The third-order valence-corrected chi connectivity index (χ3v) is 3.73. The van der Waals surface area contributed by atoms with Crippen molar-refractivity contribution in [3.05, 3.63) is 54.0 Å². The molecule has 1 aromatic carbocycles. The van der Waals surface area contributed by atoms with Crippen LogP contribution in [0.3, 0.4) is 0 Å². The molecule has 1 amide bonds. The van der Waals surface area contributed by atoms with E-state index in [2.05, 4.69) is 25.9 Å². The first kappa shape index (κ1) is 21.1. The smallest absolute Gasteiger partial charge is 0.227 e. The zero-order valence-corrected chi connectivity index (χ0v) is 16.3. The van der Waals surface area contributed by atoms with Crippen LogP contribution in [0, 0.1) is 12.7 Å². The normalized spacial score (nSPS) is 12.2. The van der Waals surface area contributed by atoms with Crippen molar-refractivity contribution in [1.29, 1.82) is 0 Å². The summed E-state index contributed by atoms with van der Waals surface area (Å²) >= 11 is 0. The Morgan fingerprint density at radius 1 is 1.21 bits per heavy atom.